The van der Waals surface area contributed by atoms with Crippen molar-refractivity contribution in [3.8, 4) is 0 Å². The second-order valence-corrected chi connectivity index (χ2v) is 5.19. The minimum Gasteiger partial charge on any atom is -0.391 e. The van der Waals surface area contributed by atoms with Gasteiger partial charge < -0.3 is 14.9 Å². The second-order valence-electron chi connectivity index (χ2n) is 5.19. The molecule has 98 valence electrons. The summed E-state index contributed by atoms with van der Waals surface area (Å²) in [5, 5.41) is 9.42. The van der Waals surface area contributed by atoms with Gasteiger partial charge in [-0.05, 0) is 25.2 Å². The van der Waals surface area contributed by atoms with Crippen molar-refractivity contribution < 1.29 is 9.90 Å². The van der Waals surface area contributed by atoms with Crippen molar-refractivity contribution in [3.63, 3.8) is 0 Å². The molecule has 4 nitrogen and oxygen atoms in total. The number of amides is 1. The fourth-order valence-corrected chi connectivity index (χ4v) is 2.24. The SMILES string of the molecule is CN(C)Cc1ccc(CN2CC(O)CC2=O)cc1. The third-order valence-electron chi connectivity index (χ3n) is 3.09. The maximum atomic E-state index is 11.6. The highest BCUT2D eigenvalue weighted by atomic mass is 16.3. The minimum absolute atomic E-state index is 0.0415. The highest BCUT2D eigenvalue weighted by Gasteiger charge is 2.27. The average Bonchev–Trinajstić information content (AvgIpc) is 2.59. The number of β-amino-alcohol motifs (C(OH)–C–C–N with tert-alkyl or cyclic N) is 1. The first kappa shape index (κ1) is 13.1. The van der Waals surface area contributed by atoms with Crippen molar-refractivity contribution in [2.75, 3.05) is 20.6 Å². The first-order valence-electron chi connectivity index (χ1n) is 6.23. The van der Waals surface area contributed by atoms with Gasteiger partial charge in [0.15, 0.2) is 0 Å². The van der Waals surface area contributed by atoms with Crippen molar-refractivity contribution in [2.24, 2.45) is 0 Å². The molecule has 4 heteroatoms. The number of benzene rings is 1. The Labute approximate surface area is 108 Å². The van der Waals surface area contributed by atoms with E-state index >= 15 is 0 Å². The van der Waals surface area contributed by atoms with Crippen molar-refractivity contribution in [1.29, 1.82) is 0 Å². The standard InChI is InChI=1S/C14H20N2O2/c1-15(2)8-11-3-5-12(6-4-11)9-16-10-13(17)7-14(16)18/h3-6,13,17H,7-10H2,1-2H3. The van der Waals surface area contributed by atoms with Crippen LogP contribution in [0.1, 0.15) is 17.5 Å². The van der Waals surface area contributed by atoms with Gasteiger partial charge >= 0.3 is 0 Å². The summed E-state index contributed by atoms with van der Waals surface area (Å²) in [7, 11) is 4.08. The molecular formula is C14H20N2O2. The van der Waals surface area contributed by atoms with E-state index < -0.39 is 6.10 Å². The van der Waals surface area contributed by atoms with Gasteiger partial charge in [-0.2, -0.15) is 0 Å². The maximum absolute atomic E-state index is 11.6. The summed E-state index contributed by atoms with van der Waals surface area (Å²) in [5.41, 5.74) is 2.37. The second kappa shape index (κ2) is 5.50. The Morgan fingerprint density at radius 2 is 1.89 bits per heavy atom. The van der Waals surface area contributed by atoms with E-state index in [9.17, 15) is 9.90 Å². The summed E-state index contributed by atoms with van der Waals surface area (Å²) in [6.45, 7) is 1.97. The normalized spacial score (nSPS) is 19.9. The molecule has 2 rings (SSSR count). The molecule has 18 heavy (non-hydrogen) atoms. The number of rotatable bonds is 4. The zero-order valence-electron chi connectivity index (χ0n) is 11.0. The largest absolute Gasteiger partial charge is 0.391 e. The number of hydrogen-bond donors (Lipinski definition) is 1. The zero-order chi connectivity index (χ0) is 13.1. The van der Waals surface area contributed by atoms with Gasteiger partial charge in [-0.25, -0.2) is 0 Å². The summed E-state index contributed by atoms with van der Waals surface area (Å²) in [6, 6.07) is 8.28. The van der Waals surface area contributed by atoms with E-state index in [1.807, 2.05) is 14.1 Å². The topological polar surface area (TPSA) is 43.8 Å². The molecular weight excluding hydrogens is 228 g/mol. The van der Waals surface area contributed by atoms with E-state index in [-0.39, 0.29) is 12.3 Å². The van der Waals surface area contributed by atoms with Gasteiger partial charge in [-0.1, -0.05) is 24.3 Å². The molecule has 0 aromatic heterocycles. The predicted molar refractivity (Wildman–Crippen MR) is 69.9 cm³/mol. The van der Waals surface area contributed by atoms with Crippen LogP contribution in [-0.4, -0.2) is 47.6 Å². The van der Waals surface area contributed by atoms with E-state index in [2.05, 4.69) is 29.2 Å². The Morgan fingerprint density at radius 3 is 2.39 bits per heavy atom. The van der Waals surface area contributed by atoms with Gasteiger partial charge in [-0.3, -0.25) is 4.79 Å². The zero-order valence-corrected chi connectivity index (χ0v) is 11.0. The summed E-state index contributed by atoms with van der Waals surface area (Å²) < 4.78 is 0. The molecule has 1 aromatic rings. The van der Waals surface area contributed by atoms with Crippen molar-refractivity contribution in [1.82, 2.24) is 9.80 Å². The average molecular weight is 248 g/mol. The van der Waals surface area contributed by atoms with Gasteiger partial charge in [0.2, 0.25) is 5.91 Å². The summed E-state index contributed by atoms with van der Waals surface area (Å²) in [5.74, 6) is 0.0415. The number of hydrogen-bond acceptors (Lipinski definition) is 3. The van der Waals surface area contributed by atoms with Crippen LogP contribution in [0.3, 0.4) is 0 Å². The molecule has 0 radical (unpaired) electrons. The lowest BCUT2D eigenvalue weighted by atomic mass is 10.1. The molecule has 1 aliphatic heterocycles. The van der Waals surface area contributed by atoms with Crippen LogP contribution in [0.2, 0.25) is 0 Å². The fourth-order valence-electron chi connectivity index (χ4n) is 2.24. The Morgan fingerprint density at radius 1 is 1.28 bits per heavy atom. The van der Waals surface area contributed by atoms with Crippen LogP contribution in [-0.2, 0) is 17.9 Å². The van der Waals surface area contributed by atoms with Crippen LogP contribution in [0.4, 0.5) is 0 Å². The first-order chi connectivity index (χ1) is 8.54. The van der Waals surface area contributed by atoms with E-state index in [0.717, 1.165) is 12.1 Å². The molecule has 0 aliphatic carbocycles. The van der Waals surface area contributed by atoms with Crippen LogP contribution in [0, 0.1) is 0 Å². The lowest BCUT2D eigenvalue weighted by Gasteiger charge is -2.16. The molecule has 1 atom stereocenters. The lowest BCUT2D eigenvalue weighted by Crippen LogP contribution is -2.25. The quantitative estimate of drug-likeness (QED) is 0.859. The Hall–Kier alpha value is -1.39. The number of nitrogens with zero attached hydrogens (tertiary/aromatic N) is 2. The number of carbonyl (C=O) groups excluding carboxylic acids is 1. The smallest absolute Gasteiger partial charge is 0.225 e. The summed E-state index contributed by atoms with van der Waals surface area (Å²) in [6.07, 6.45) is -0.232. The van der Waals surface area contributed by atoms with Gasteiger partial charge in [0.1, 0.15) is 0 Å². The molecule has 1 aromatic carbocycles. The molecule has 1 heterocycles. The maximum Gasteiger partial charge on any atom is 0.225 e. The molecule has 1 saturated heterocycles. The fraction of sp³-hybridized carbons (Fsp3) is 0.500. The van der Waals surface area contributed by atoms with Gasteiger partial charge in [0.05, 0.1) is 12.5 Å². The lowest BCUT2D eigenvalue weighted by molar-refractivity contribution is -0.128. The van der Waals surface area contributed by atoms with E-state index in [0.29, 0.717) is 13.1 Å². The van der Waals surface area contributed by atoms with Crippen LogP contribution in [0.25, 0.3) is 0 Å². The van der Waals surface area contributed by atoms with Crippen molar-refractivity contribution in [3.05, 3.63) is 35.4 Å². The van der Waals surface area contributed by atoms with Crippen LogP contribution >= 0.6 is 0 Å². The Kier molecular flexibility index (Phi) is 3.99. The number of aliphatic hydroxyl groups excluding tert-OH is 1. The van der Waals surface area contributed by atoms with Crippen LogP contribution < -0.4 is 0 Å². The third kappa shape index (κ3) is 3.31. The molecule has 1 amide bonds. The molecule has 0 spiro atoms. The van der Waals surface area contributed by atoms with Gasteiger partial charge in [-0.15, -0.1) is 0 Å². The minimum atomic E-state index is -0.495. The van der Waals surface area contributed by atoms with Gasteiger partial charge in [0.25, 0.3) is 0 Å². The first-order valence-corrected chi connectivity index (χ1v) is 6.23. The van der Waals surface area contributed by atoms with E-state index in [4.69, 9.17) is 0 Å². The van der Waals surface area contributed by atoms with Gasteiger partial charge in [0, 0.05) is 19.6 Å². The van der Waals surface area contributed by atoms with E-state index in [1.54, 1.807) is 4.90 Å². The number of aliphatic hydroxyl groups is 1. The molecule has 1 unspecified atom stereocenters. The third-order valence-corrected chi connectivity index (χ3v) is 3.09. The molecule has 1 N–H and O–H groups in total. The molecule has 1 fully saturated rings. The molecule has 1 aliphatic rings. The Balaban J connectivity index is 1.96. The van der Waals surface area contributed by atoms with E-state index in [1.165, 1.54) is 5.56 Å². The Bertz CT molecular complexity index is 414. The highest BCUT2D eigenvalue weighted by Crippen LogP contribution is 2.15. The summed E-state index contributed by atoms with van der Waals surface area (Å²) >= 11 is 0. The highest BCUT2D eigenvalue weighted by molar-refractivity contribution is 5.79. The van der Waals surface area contributed by atoms with Crippen LogP contribution in [0.15, 0.2) is 24.3 Å². The predicted octanol–water partition coefficient (Wildman–Crippen LogP) is 0.841. The molecule has 0 saturated carbocycles. The van der Waals surface area contributed by atoms with Crippen molar-refractivity contribution >= 4 is 5.91 Å². The number of carbonyl (C=O) groups is 1. The summed E-state index contributed by atoms with van der Waals surface area (Å²) in [4.78, 5) is 15.4. The van der Waals surface area contributed by atoms with Crippen LogP contribution in [0.5, 0.6) is 0 Å². The van der Waals surface area contributed by atoms with Crippen molar-refractivity contribution in [2.45, 2.75) is 25.6 Å². The monoisotopic (exact) mass is 248 g/mol. The number of likely N-dealkylation sites (tertiary alicyclic amines) is 1. The molecule has 0 bridgehead atoms.